The first-order chi connectivity index (χ1) is 13.7. The van der Waals surface area contributed by atoms with Crippen LogP contribution >= 0.6 is 0 Å². The summed E-state index contributed by atoms with van der Waals surface area (Å²) in [6.45, 7) is 9.14. The van der Waals surface area contributed by atoms with E-state index in [-0.39, 0.29) is 0 Å². The number of hydrogen-bond donors (Lipinski definition) is 0. The predicted octanol–water partition coefficient (Wildman–Crippen LogP) is 6.70. The number of benzene rings is 1. The molecular formula is C25H37NO2. The molecule has 0 saturated heterocycles. The molecule has 3 heteroatoms. The molecule has 154 valence electrons. The van der Waals surface area contributed by atoms with Gasteiger partial charge in [-0.3, -0.25) is 4.98 Å². The van der Waals surface area contributed by atoms with Crippen molar-refractivity contribution in [2.24, 2.45) is 5.92 Å². The molecule has 0 aliphatic carbocycles. The Labute approximate surface area is 171 Å². The van der Waals surface area contributed by atoms with Crippen molar-refractivity contribution in [2.45, 2.75) is 65.7 Å². The maximum absolute atomic E-state index is 5.84. The van der Waals surface area contributed by atoms with Gasteiger partial charge >= 0.3 is 0 Å². The van der Waals surface area contributed by atoms with Crippen LogP contribution < -0.4 is 4.74 Å². The van der Waals surface area contributed by atoms with E-state index in [0.717, 1.165) is 49.7 Å². The second kappa shape index (κ2) is 13.3. The Bertz CT molecular complexity index is 637. The molecule has 0 saturated carbocycles. The Hall–Kier alpha value is -1.87. The molecule has 28 heavy (non-hydrogen) atoms. The minimum atomic E-state index is 0.716. The van der Waals surface area contributed by atoms with Gasteiger partial charge in [-0.1, -0.05) is 52.5 Å². The zero-order chi connectivity index (χ0) is 20.0. The molecule has 0 bridgehead atoms. The second-order valence-corrected chi connectivity index (χ2v) is 7.65. The molecule has 1 heterocycles. The largest absolute Gasteiger partial charge is 0.494 e. The van der Waals surface area contributed by atoms with Crippen LogP contribution in [-0.4, -0.2) is 24.8 Å². The molecule has 2 rings (SSSR count). The Morgan fingerprint density at radius 2 is 1.71 bits per heavy atom. The van der Waals surface area contributed by atoms with Crippen LogP contribution in [0.5, 0.6) is 5.75 Å². The molecule has 1 unspecified atom stereocenters. The van der Waals surface area contributed by atoms with E-state index < -0.39 is 0 Å². The van der Waals surface area contributed by atoms with E-state index in [1.165, 1.54) is 37.7 Å². The Kier molecular flexibility index (Phi) is 10.7. The summed E-state index contributed by atoms with van der Waals surface area (Å²) in [5, 5.41) is 0. The SMILES string of the molecule is CCCCCCOCCc1ccc(-c2ccc(OCCC(C)CC)cc2)nc1. The molecule has 0 radical (unpaired) electrons. The number of hydrogen-bond acceptors (Lipinski definition) is 3. The topological polar surface area (TPSA) is 31.4 Å². The fourth-order valence-electron chi connectivity index (χ4n) is 2.97. The van der Waals surface area contributed by atoms with Crippen LogP contribution in [0.2, 0.25) is 0 Å². The molecule has 0 spiro atoms. The van der Waals surface area contributed by atoms with Crippen molar-refractivity contribution in [3.8, 4) is 17.0 Å². The smallest absolute Gasteiger partial charge is 0.119 e. The van der Waals surface area contributed by atoms with E-state index >= 15 is 0 Å². The molecule has 0 N–H and O–H groups in total. The first-order valence-corrected chi connectivity index (χ1v) is 11.0. The van der Waals surface area contributed by atoms with Gasteiger partial charge in [-0.15, -0.1) is 0 Å². The number of pyridine rings is 1. The molecule has 1 aromatic heterocycles. The quantitative estimate of drug-likeness (QED) is 0.340. The summed E-state index contributed by atoms with van der Waals surface area (Å²) in [5.74, 6) is 1.65. The molecule has 0 aliphatic heterocycles. The Balaban J connectivity index is 1.73. The van der Waals surface area contributed by atoms with Crippen LogP contribution in [0.15, 0.2) is 42.6 Å². The zero-order valence-electron chi connectivity index (χ0n) is 18.0. The summed E-state index contributed by atoms with van der Waals surface area (Å²) in [6.07, 6.45) is 10.2. The van der Waals surface area contributed by atoms with Gasteiger partial charge in [0.25, 0.3) is 0 Å². The monoisotopic (exact) mass is 383 g/mol. The molecule has 0 amide bonds. The minimum absolute atomic E-state index is 0.716. The van der Waals surface area contributed by atoms with E-state index in [2.05, 4.69) is 50.0 Å². The van der Waals surface area contributed by atoms with Crippen molar-refractivity contribution < 1.29 is 9.47 Å². The fraction of sp³-hybridized carbons (Fsp3) is 0.560. The van der Waals surface area contributed by atoms with Gasteiger partial charge in [0.15, 0.2) is 0 Å². The van der Waals surface area contributed by atoms with Crippen LogP contribution in [0, 0.1) is 5.92 Å². The van der Waals surface area contributed by atoms with Gasteiger partial charge in [-0.05, 0) is 61.1 Å². The third-order valence-electron chi connectivity index (χ3n) is 5.23. The summed E-state index contributed by atoms with van der Waals surface area (Å²) >= 11 is 0. The van der Waals surface area contributed by atoms with E-state index in [1.807, 2.05) is 18.3 Å². The first kappa shape index (κ1) is 22.4. The van der Waals surface area contributed by atoms with E-state index in [4.69, 9.17) is 9.47 Å². The summed E-state index contributed by atoms with van der Waals surface area (Å²) in [4.78, 5) is 4.62. The van der Waals surface area contributed by atoms with Crippen molar-refractivity contribution in [3.05, 3.63) is 48.2 Å². The number of rotatable bonds is 14. The van der Waals surface area contributed by atoms with Gasteiger partial charge in [0, 0.05) is 18.4 Å². The fourth-order valence-corrected chi connectivity index (χ4v) is 2.97. The number of ether oxygens (including phenoxy) is 2. The average Bonchev–Trinajstić information content (AvgIpc) is 2.74. The summed E-state index contributed by atoms with van der Waals surface area (Å²) in [5.41, 5.74) is 3.34. The molecule has 2 aromatic rings. The van der Waals surface area contributed by atoms with Crippen molar-refractivity contribution in [1.82, 2.24) is 4.98 Å². The number of nitrogens with zero attached hydrogens (tertiary/aromatic N) is 1. The van der Waals surface area contributed by atoms with Crippen LogP contribution in [-0.2, 0) is 11.2 Å². The van der Waals surface area contributed by atoms with Crippen molar-refractivity contribution in [1.29, 1.82) is 0 Å². The van der Waals surface area contributed by atoms with Gasteiger partial charge < -0.3 is 9.47 Å². The maximum Gasteiger partial charge on any atom is 0.119 e. The van der Waals surface area contributed by atoms with E-state index in [1.54, 1.807) is 0 Å². The van der Waals surface area contributed by atoms with Gasteiger partial charge in [0.1, 0.15) is 5.75 Å². The second-order valence-electron chi connectivity index (χ2n) is 7.65. The van der Waals surface area contributed by atoms with Crippen LogP contribution in [0.1, 0.15) is 64.9 Å². The van der Waals surface area contributed by atoms with Crippen molar-refractivity contribution >= 4 is 0 Å². The highest BCUT2D eigenvalue weighted by atomic mass is 16.5. The Morgan fingerprint density at radius 3 is 2.39 bits per heavy atom. The van der Waals surface area contributed by atoms with Crippen LogP contribution in [0.25, 0.3) is 11.3 Å². The normalized spacial score (nSPS) is 12.1. The van der Waals surface area contributed by atoms with Crippen LogP contribution in [0.3, 0.4) is 0 Å². The lowest BCUT2D eigenvalue weighted by Gasteiger charge is -2.10. The Morgan fingerprint density at radius 1 is 0.893 bits per heavy atom. The molecule has 3 nitrogen and oxygen atoms in total. The standard InChI is InChI=1S/C25H37NO2/c1-4-6-7-8-17-27-18-16-22-9-14-25(26-20-22)23-10-12-24(13-11-23)28-19-15-21(3)5-2/h9-14,20-21H,4-8,15-19H2,1-3H3. The summed E-state index contributed by atoms with van der Waals surface area (Å²) < 4.78 is 11.6. The first-order valence-electron chi connectivity index (χ1n) is 11.0. The lowest BCUT2D eigenvalue weighted by Crippen LogP contribution is -2.03. The molecular weight excluding hydrogens is 346 g/mol. The van der Waals surface area contributed by atoms with Gasteiger partial charge in [0.05, 0.1) is 18.9 Å². The predicted molar refractivity (Wildman–Crippen MR) is 118 cm³/mol. The van der Waals surface area contributed by atoms with Crippen molar-refractivity contribution in [2.75, 3.05) is 19.8 Å². The van der Waals surface area contributed by atoms with E-state index in [9.17, 15) is 0 Å². The average molecular weight is 384 g/mol. The molecule has 1 aromatic carbocycles. The minimum Gasteiger partial charge on any atom is -0.494 e. The maximum atomic E-state index is 5.84. The highest BCUT2D eigenvalue weighted by Crippen LogP contribution is 2.21. The third-order valence-corrected chi connectivity index (χ3v) is 5.23. The van der Waals surface area contributed by atoms with Gasteiger partial charge in [-0.2, -0.15) is 0 Å². The summed E-state index contributed by atoms with van der Waals surface area (Å²) in [7, 11) is 0. The highest BCUT2D eigenvalue weighted by Gasteiger charge is 2.03. The van der Waals surface area contributed by atoms with Crippen molar-refractivity contribution in [3.63, 3.8) is 0 Å². The number of unbranched alkanes of at least 4 members (excludes halogenated alkanes) is 3. The zero-order valence-corrected chi connectivity index (χ0v) is 18.0. The highest BCUT2D eigenvalue weighted by molar-refractivity contribution is 5.60. The van der Waals surface area contributed by atoms with Gasteiger partial charge in [-0.25, -0.2) is 0 Å². The summed E-state index contributed by atoms with van der Waals surface area (Å²) in [6, 6.07) is 12.5. The molecule has 0 fully saturated rings. The number of aromatic nitrogens is 1. The lowest BCUT2D eigenvalue weighted by molar-refractivity contribution is 0.133. The van der Waals surface area contributed by atoms with E-state index in [0.29, 0.717) is 5.92 Å². The van der Waals surface area contributed by atoms with Gasteiger partial charge in [0.2, 0.25) is 0 Å². The third kappa shape index (κ3) is 8.43. The molecule has 0 aliphatic rings. The van der Waals surface area contributed by atoms with Crippen LogP contribution in [0.4, 0.5) is 0 Å². The molecule has 1 atom stereocenters. The lowest BCUT2D eigenvalue weighted by atomic mass is 10.1.